The highest BCUT2D eigenvalue weighted by atomic mass is 35.5. The van der Waals surface area contributed by atoms with Crippen LogP contribution in [0.1, 0.15) is 45.6 Å². The molecule has 1 rings (SSSR count). The summed E-state index contributed by atoms with van der Waals surface area (Å²) in [5.41, 5.74) is 1.79. The number of aryl methyl sites for hydroxylation is 1. The Morgan fingerprint density at radius 1 is 1.15 bits per heavy atom. The second-order valence-corrected chi connectivity index (χ2v) is 7.93. The Morgan fingerprint density at radius 2 is 1.73 bits per heavy atom. The first-order valence-electron chi connectivity index (χ1n) is 8.50. The summed E-state index contributed by atoms with van der Waals surface area (Å²) < 4.78 is 0. The molecule has 2 atom stereocenters. The van der Waals surface area contributed by atoms with E-state index in [2.05, 4.69) is 0 Å². The summed E-state index contributed by atoms with van der Waals surface area (Å²) in [7, 11) is 0. The highest BCUT2D eigenvalue weighted by molar-refractivity contribution is 6.30. The standard InChI is InChI=1S/C19H26ClNO5/c1-19(2,3)16(18(24)25)17(23)13(11-15(22)21-26)6-4-5-12-7-9-14(20)10-8-12/h7-10,13,16,26H,4-6,11H2,1-3H3,(H,21,22)(H,24,25)/t13?,16-/m1/s1. The first-order valence-corrected chi connectivity index (χ1v) is 8.88. The third kappa shape index (κ3) is 6.77. The minimum Gasteiger partial charge on any atom is -0.481 e. The van der Waals surface area contributed by atoms with E-state index >= 15 is 0 Å². The van der Waals surface area contributed by atoms with E-state index in [0.29, 0.717) is 24.3 Å². The van der Waals surface area contributed by atoms with Crippen LogP contribution in [0.25, 0.3) is 0 Å². The molecule has 0 saturated carbocycles. The van der Waals surface area contributed by atoms with E-state index in [9.17, 15) is 19.5 Å². The number of carbonyl (C=O) groups excluding carboxylic acids is 2. The number of rotatable bonds is 9. The molecule has 3 N–H and O–H groups in total. The van der Waals surface area contributed by atoms with Crippen LogP contribution in [-0.2, 0) is 20.8 Å². The van der Waals surface area contributed by atoms with Crippen molar-refractivity contribution in [2.75, 3.05) is 0 Å². The van der Waals surface area contributed by atoms with E-state index in [1.807, 2.05) is 12.1 Å². The van der Waals surface area contributed by atoms with Gasteiger partial charge in [-0.3, -0.25) is 19.6 Å². The number of carboxylic acid groups (broad SMARTS) is 1. The Bertz CT molecular complexity index is 636. The number of carbonyl (C=O) groups is 3. The molecule has 0 radical (unpaired) electrons. The summed E-state index contributed by atoms with van der Waals surface area (Å²) >= 11 is 5.85. The fourth-order valence-corrected chi connectivity index (χ4v) is 3.10. The molecule has 1 aromatic carbocycles. The number of carboxylic acids is 1. The highest BCUT2D eigenvalue weighted by Crippen LogP contribution is 2.31. The third-order valence-corrected chi connectivity index (χ3v) is 4.54. The van der Waals surface area contributed by atoms with Crippen LogP contribution >= 0.6 is 11.6 Å². The molecular formula is C19H26ClNO5. The summed E-state index contributed by atoms with van der Waals surface area (Å²) in [6, 6.07) is 7.32. The van der Waals surface area contributed by atoms with Crippen LogP contribution in [0.5, 0.6) is 0 Å². The first kappa shape index (κ1) is 22.1. The van der Waals surface area contributed by atoms with E-state index in [1.165, 1.54) is 5.48 Å². The Kier molecular flexibility index (Phi) is 8.24. The van der Waals surface area contributed by atoms with E-state index in [-0.39, 0.29) is 6.42 Å². The Morgan fingerprint density at radius 3 is 2.19 bits per heavy atom. The van der Waals surface area contributed by atoms with E-state index in [0.717, 1.165) is 5.56 Å². The lowest BCUT2D eigenvalue weighted by Gasteiger charge is -2.29. The third-order valence-electron chi connectivity index (χ3n) is 4.29. The molecule has 6 nitrogen and oxygen atoms in total. The topological polar surface area (TPSA) is 104 Å². The van der Waals surface area contributed by atoms with Crippen molar-refractivity contribution in [3.8, 4) is 0 Å². The number of Topliss-reactive ketones (excluding diaryl/α,β-unsaturated/α-hetero) is 1. The number of nitrogens with one attached hydrogen (secondary N) is 1. The molecule has 0 spiro atoms. The zero-order valence-corrected chi connectivity index (χ0v) is 16.0. The highest BCUT2D eigenvalue weighted by Gasteiger charge is 2.41. The second-order valence-electron chi connectivity index (χ2n) is 7.49. The molecule has 7 heteroatoms. The van der Waals surface area contributed by atoms with Gasteiger partial charge in [-0.15, -0.1) is 0 Å². The lowest BCUT2D eigenvalue weighted by molar-refractivity contribution is -0.153. The SMILES string of the molecule is CC(C)(C)[C@@H](C(=O)O)C(=O)C(CCCc1ccc(Cl)cc1)CC(=O)NO. The molecule has 0 aliphatic heterocycles. The van der Waals surface area contributed by atoms with E-state index in [4.69, 9.17) is 16.8 Å². The summed E-state index contributed by atoms with van der Waals surface area (Å²) in [5, 5.41) is 18.9. The van der Waals surface area contributed by atoms with Gasteiger partial charge in [0.15, 0.2) is 5.78 Å². The average Bonchev–Trinajstić information content (AvgIpc) is 2.53. The number of halogens is 1. The summed E-state index contributed by atoms with van der Waals surface area (Å²) in [6.45, 7) is 5.04. The van der Waals surface area contributed by atoms with Crippen LogP contribution < -0.4 is 5.48 Å². The number of amides is 1. The zero-order chi connectivity index (χ0) is 19.9. The van der Waals surface area contributed by atoms with Crippen LogP contribution in [0.3, 0.4) is 0 Å². The average molecular weight is 384 g/mol. The fraction of sp³-hybridized carbons (Fsp3) is 0.526. The molecular weight excluding hydrogens is 358 g/mol. The maximum Gasteiger partial charge on any atom is 0.314 e. The van der Waals surface area contributed by atoms with Gasteiger partial charge in [-0.25, -0.2) is 5.48 Å². The second kappa shape index (κ2) is 9.69. The molecule has 0 heterocycles. The van der Waals surface area contributed by atoms with Crippen molar-refractivity contribution in [1.29, 1.82) is 0 Å². The van der Waals surface area contributed by atoms with Gasteiger partial charge in [0.25, 0.3) is 0 Å². The van der Waals surface area contributed by atoms with Crippen molar-refractivity contribution < 1.29 is 24.7 Å². The molecule has 1 amide bonds. The molecule has 0 aliphatic carbocycles. The molecule has 0 fully saturated rings. The summed E-state index contributed by atoms with van der Waals surface area (Å²) in [5.74, 6) is -4.36. The monoisotopic (exact) mass is 383 g/mol. The molecule has 144 valence electrons. The minimum atomic E-state index is -1.21. The summed E-state index contributed by atoms with van der Waals surface area (Å²) in [6.07, 6.45) is 1.40. The Labute approximate surface area is 158 Å². The maximum atomic E-state index is 12.8. The van der Waals surface area contributed by atoms with Gasteiger partial charge in [-0.2, -0.15) is 0 Å². The number of aliphatic carboxylic acids is 1. The van der Waals surface area contributed by atoms with Gasteiger partial charge in [0.1, 0.15) is 5.92 Å². The van der Waals surface area contributed by atoms with Gasteiger partial charge < -0.3 is 5.11 Å². The van der Waals surface area contributed by atoms with Crippen molar-refractivity contribution in [3.05, 3.63) is 34.9 Å². The van der Waals surface area contributed by atoms with Crippen LogP contribution in [0, 0.1) is 17.3 Å². The van der Waals surface area contributed by atoms with Crippen molar-refractivity contribution in [2.45, 2.75) is 46.5 Å². The predicted molar refractivity (Wildman–Crippen MR) is 98.0 cm³/mol. The quantitative estimate of drug-likeness (QED) is 0.344. The van der Waals surface area contributed by atoms with Gasteiger partial charge in [0.05, 0.1) is 0 Å². The lowest BCUT2D eigenvalue weighted by Crippen LogP contribution is -2.40. The van der Waals surface area contributed by atoms with Gasteiger partial charge in [-0.1, -0.05) is 44.5 Å². The maximum absolute atomic E-state index is 12.8. The summed E-state index contributed by atoms with van der Waals surface area (Å²) in [4.78, 5) is 36.0. The molecule has 1 aromatic rings. The van der Waals surface area contributed by atoms with Crippen LogP contribution in [-0.4, -0.2) is 28.0 Å². The smallest absolute Gasteiger partial charge is 0.314 e. The minimum absolute atomic E-state index is 0.240. The number of hydrogen-bond acceptors (Lipinski definition) is 4. The lowest BCUT2D eigenvalue weighted by atomic mass is 9.73. The van der Waals surface area contributed by atoms with Crippen molar-refractivity contribution in [3.63, 3.8) is 0 Å². The van der Waals surface area contributed by atoms with E-state index in [1.54, 1.807) is 32.9 Å². The van der Waals surface area contributed by atoms with Gasteiger partial charge in [0, 0.05) is 17.4 Å². The van der Waals surface area contributed by atoms with Crippen molar-refractivity contribution in [2.24, 2.45) is 17.3 Å². The van der Waals surface area contributed by atoms with Crippen LogP contribution in [0.2, 0.25) is 5.02 Å². The van der Waals surface area contributed by atoms with E-state index < -0.39 is 34.9 Å². The van der Waals surface area contributed by atoms with Crippen molar-refractivity contribution >= 4 is 29.3 Å². The number of hydrogen-bond donors (Lipinski definition) is 3. The van der Waals surface area contributed by atoms with Crippen LogP contribution in [0.4, 0.5) is 0 Å². The van der Waals surface area contributed by atoms with Crippen LogP contribution in [0.15, 0.2) is 24.3 Å². The van der Waals surface area contributed by atoms with Gasteiger partial charge in [0.2, 0.25) is 5.91 Å². The normalized spacial score (nSPS) is 13.7. The molecule has 0 bridgehead atoms. The number of ketones is 1. The van der Waals surface area contributed by atoms with Gasteiger partial charge in [-0.05, 0) is 42.4 Å². The predicted octanol–water partition coefficient (Wildman–Crippen LogP) is 3.49. The molecule has 0 aromatic heterocycles. The Balaban J connectivity index is 2.85. The molecule has 0 aliphatic rings. The number of hydroxylamine groups is 1. The molecule has 1 unspecified atom stereocenters. The van der Waals surface area contributed by atoms with Crippen molar-refractivity contribution in [1.82, 2.24) is 5.48 Å². The zero-order valence-electron chi connectivity index (χ0n) is 15.3. The fourth-order valence-electron chi connectivity index (χ4n) is 2.97. The first-order chi connectivity index (χ1) is 12.1. The number of benzene rings is 1. The largest absolute Gasteiger partial charge is 0.481 e. The molecule has 26 heavy (non-hydrogen) atoms. The molecule has 0 saturated heterocycles. The van der Waals surface area contributed by atoms with Gasteiger partial charge >= 0.3 is 5.97 Å². The Hall–Kier alpha value is -1.92.